The third kappa shape index (κ3) is 6.08. The van der Waals surface area contributed by atoms with Gasteiger partial charge in [0.05, 0.1) is 7.11 Å². The van der Waals surface area contributed by atoms with Crippen LogP contribution in [0, 0.1) is 0 Å². The minimum Gasteiger partial charge on any atom is -0.496 e. The largest absolute Gasteiger partial charge is 0.496 e. The fourth-order valence-corrected chi connectivity index (χ4v) is 2.85. The molecule has 0 aliphatic rings. The first-order valence-electron chi connectivity index (χ1n) is 8.92. The number of nitrogens with one attached hydrogen (secondary N) is 2. The van der Waals surface area contributed by atoms with Gasteiger partial charge >= 0.3 is 0 Å². The van der Waals surface area contributed by atoms with Crippen molar-refractivity contribution < 1.29 is 4.74 Å². The fraction of sp³-hybridized carbons (Fsp3) is 0.381. The number of aliphatic imine (C=N–C) groups is 1. The van der Waals surface area contributed by atoms with Gasteiger partial charge in [-0.2, -0.15) is 0 Å². The van der Waals surface area contributed by atoms with E-state index >= 15 is 0 Å². The first-order valence-corrected chi connectivity index (χ1v) is 8.92. The molecule has 0 fully saturated rings. The zero-order valence-electron chi connectivity index (χ0n) is 16.2. The Balaban J connectivity index is 1.87. The standard InChI is InChI=1S/C21H30N4O/c1-22-21(23-14-13-17-9-7-8-12-20(17)26-4)24-15-18-10-5-6-11-19(18)16-25(2)3/h5-12H,13-16H2,1-4H3,(H2,22,23,24). The van der Waals surface area contributed by atoms with E-state index < -0.39 is 0 Å². The molecule has 5 heteroatoms. The minimum atomic E-state index is 0.748. The average Bonchev–Trinajstić information content (AvgIpc) is 2.65. The predicted octanol–water partition coefficient (Wildman–Crippen LogP) is 2.66. The molecule has 5 nitrogen and oxygen atoms in total. The summed E-state index contributed by atoms with van der Waals surface area (Å²) < 4.78 is 5.40. The number of benzene rings is 2. The highest BCUT2D eigenvalue weighted by Crippen LogP contribution is 2.17. The predicted molar refractivity (Wildman–Crippen MR) is 109 cm³/mol. The van der Waals surface area contributed by atoms with E-state index in [1.807, 2.05) is 18.2 Å². The number of rotatable bonds is 8. The molecule has 2 N–H and O–H groups in total. The van der Waals surface area contributed by atoms with Crippen molar-refractivity contribution >= 4 is 5.96 Å². The Morgan fingerprint density at radius 3 is 2.27 bits per heavy atom. The number of hydrogen-bond acceptors (Lipinski definition) is 3. The first-order chi connectivity index (χ1) is 12.6. The van der Waals surface area contributed by atoms with Crippen LogP contribution in [0.15, 0.2) is 53.5 Å². The van der Waals surface area contributed by atoms with Crippen LogP contribution in [0.5, 0.6) is 5.75 Å². The van der Waals surface area contributed by atoms with Crippen molar-refractivity contribution in [2.45, 2.75) is 19.5 Å². The molecule has 0 radical (unpaired) electrons. The molecule has 0 aliphatic carbocycles. The minimum absolute atomic E-state index is 0.748. The Kier molecular flexibility index (Phi) is 7.96. The number of ether oxygens (including phenoxy) is 1. The van der Waals surface area contributed by atoms with Crippen molar-refractivity contribution in [2.75, 3.05) is 34.8 Å². The van der Waals surface area contributed by atoms with Crippen LogP contribution in [-0.4, -0.2) is 45.7 Å². The van der Waals surface area contributed by atoms with Crippen LogP contribution in [0.3, 0.4) is 0 Å². The van der Waals surface area contributed by atoms with Gasteiger partial charge in [0.15, 0.2) is 5.96 Å². The summed E-state index contributed by atoms with van der Waals surface area (Å²) in [5, 5.41) is 6.78. The van der Waals surface area contributed by atoms with Crippen molar-refractivity contribution in [3.63, 3.8) is 0 Å². The van der Waals surface area contributed by atoms with Crippen LogP contribution >= 0.6 is 0 Å². The van der Waals surface area contributed by atoms with Crippen molar-refractivity contribution in [1.82, 2.24) is 15.5 Å². The van der Waals surface area contributed by atoms with Gasteiger partial charge in [-0.05, 0) is 43.3 Å². The van der Waals surface area contributed by atoms with Crippen LogP contribution in [-0.2, 0) is 19.5 Å². The second kappa shape index (κ2) is 10.5. The molecule has 2 rings (SSSR count). The lowest BCUT2D eigenvalue weighted by molar-refractivity contribution is 0.400. The first kappa shape index (κ1) is 19.8. The number of guanidine groups is 1. The fourth-order valence-electron chi connectivity index (χ4n) is 2.85. The molecule has 0 bridgehead atoms. The van der Waals surface area contributed by atoms with Gasteiger partial charge in [0.1, 0.15) is 5.75 Å². The molecule has 0 saturated carbocycles. The topological polar surface area (TPSA) is 48.9 Å². The van der Waals surface area contributed by atoms with E-state index in [-0.39, 0.29) is 0 Å². The van der Waals surface area contributed by atoms with Gasteiger partial charge < -0.3 is 20.3 Å². The molecular formula is C21H30N4O. The summed E-state index contributed by atoms with van der Waals surface area (Å²) in [5.41, 5.74) is 3.80. The number of para-hydroxylation sites is 1. The molecule has 0 saturated heterocycles. The Bertz CT molecular complexity index is 713. The monoisotopic (exact) mass is 354 g/mol. The highest BCUT2D eigenvalue weighted by molar-refractivity contribution is 5.79. The summed E-state index contributed by atoms with van der Waals surface area (Å²) in [6.45, 7) is 2.47. The van der Waals surface area contributed by atoms with Gasteiger partial charge in [-0.3, -0.25) is 4.99 Å². The molecular weight excluding hydrogens is 324 g/mol. The van der Waals surface area contributed by atoms with Gasteiger partial charge in [-0.1, -0.05) is 42.5 Å². The lowest BCUT2D eigenvalue weighted by Gasteiger charge is -2.16. The lowest BCUT2D eigenvalue weighted by atomic mass is 10.1. The summed E-state index contributed by atoms with van der Waals surface area (Å²) in [7, 11) is 7.67. The van der Waals surface area contributed by atoms with Crippen LogP contribution < -0.4 is 15.4 Å². The van der Waals surface area contributed by atoms with Gasteiger partial charge in [-0.15, -0.1) is 0 Å². The smallest absolute Gasteiger partial charge is 0.191 e. The molecule has 0 amide bonds. The van der Waals surface area contributed by atoms with Crippen molar-refractivity contribution in [3.05, 3.63) is 65.2 Å². The van der Waals surface area contributed by atoms with E-state index in [0.29, 0.717) is 0 Å². The van der Waals surface area contributed by atoms with Crippen molar-refractivity contribution in [1.29, 1.82) is 0 Å². The molecule has 0 unspecified atom stereocenters. The summed E-state index contributed by atoms with van der Waals surface area (Å²) in [6, 6.07) is 16.6. The maximum Gasteiger partial charge on any atom is 0.191 e. The van der Waals surface area contributed by atoms with E-state index in [0.717, 1.165) is 37.8 Å². The van der Waals surface area contributed by atoms with Crippen LogP contribution in [0.25, 0.3) is 0 Å². The van der Waals surface area contributed by atoms with Gasteiger partial charge in [0.2, 0.25) is 0 Å². The number of nitrogens with zero attached hydrogens (tertiary/aromatic N) is 2. The van der Waals surface area contributed by atoms with Gasteiger partial charge in [0.25, 0.3) is 0 Å². The third-order valence-corrected chi connectivity index (χ3v) is 4.15. The zero-order valence-corrected chi connectivity index (χ0v) is 16.2. The molecule has 0 spiro atoms. The zero-order chi connectivity index (χ0) is 18.8. The van der Waals surface area contributed by atoms with Crippen LogP contribution in [0.2, 0.25) is 0 Å². The second-order valence-corrected chi connectivity index (χ2v) is 6.42. The number of hydrogen-bond donors (Lipinski definition) is 2. The van der Waals surface area contributed by atoms with E-state index in [4.69, 9.17) is 4.74 Å². The molecule has 2 aromatic carbocycles. The van der Waals surface area contributed by atoms with Crippen molar-refractivity contribution in [3.8, 4) is 5.75 Å². The average molecular weight is 354 g/mol. The highest BCUT2D eigenvalue weighted by atomic mass is 16.5. The SMILES string of the molecule is CN=C(NCCc1ccccc1OC)NCc1ccccc1CN(C)C. The van der Waals surface area contributed by atoms with Gasteiger partial charge in [-0.25, -0.2) is 0 Å². The second-order valence-electron chi connectivity index (χ2n) is 6.42. The van der Waals surface area contributed by atoms with Crippen molar-refractivity contribution in [2.24, 2.45) is 4.99 Å². The van der Waals surface area contributed by atoms with E-state index in [1.54, 1.807) is 14.2 Å². The molecule has 2 aromatic rings. The van der Waals surface area contributed by atoms with Crippen LogP contribution in [0.4, 0.5) is 0 Å². The molecule has 0 atom stereocenters. The Morgan fingerprint density at radius 1 is 0.962 bits per heavy atom. The summed E-state index contributed by atoms with van der Waals surface area (Å²) in [6.07, 6.45) is 0.877. The summed E-state index contributed by atoms with van der Waals surface area (Å²) in [5.74, 6) is 1.73. The Morgan fingerprint density at radius 2 is 1.62 bits per heavy atom. The molecule has 140 valence electrons. The lowest BCUT2D eigenvalue weighted by Crippen LogP contribution is -2.38. The highest BCUT2D eigenvalue weighted by Gasteiger charge is 2.05. The van der Waals surface area contributed by atoms with E-state index in [2.05, 4.69) is 65.0 Å². The Hall–Kier alpha value is -2.53. The third-order valence-electron chi connectivity index (χ3n) is 4.15. The number of methoxy groups -OCH3 is 1. The maximum atomic E-state index is 5.40. The normalized spacial score (nSPS) is 11.5. The maximum absolute atomic E-state index is 5.40. The molecule has 0 aromatic heterocycles. The summed E-state index contributed by atoms with van der Waals surface area (Å²) >= 11 is 0. The van der Waals surface area contributed by atoms with Gasteiger partial charge in [0, 0.05) is 26.7 Å². The summed E-state index contributed by atoms with van der Waals surface area (Å²) in [4.78, 5) is 6.50. The quantitative estimate of drug-likeness (QED) is 0.565. The molecule has 0 aliphatic heterocycles. The molecule has 26 heavy (non-hydrogen) atoms. The van der Waals surface area contributed by atoms with Crippen LogP contribution in [0.1, 0.15) is 16.7 Å². The molecule has 0 heterocycles. The Labute approximate surface area is 157 Å². The van der Waals surface area contributed by atoms with E-state index in [9.17, 15) is 0 Å². The van der Waals surface area contributed by atoms with E-state index in [1.165, 1.54) is 16.7 Å².